The van der Waals surface area contributed by atoms with Gasteiger partial charge in [-0.25, -0.2) is 4.39 Å². The normalized spacial score (nSPS) is 10.7. The summed E-state index contributed by atoms with van der Waals surface area (Å²) in [5, 5.41) is 1.94. The Balaban J connectivity index is 2.15. The Labute approximate surface area is 116 Å². The van der Waals surface area contributed by atoms with Crippen molar-refractivity contribution in [3.8, 4) is 0 Å². The number of hydrogen-bond acceptors (Lipinski definition) is 1. The van der Waals surface area contributed by atoms with Gasteiger partial charge in [0.25, 0.3) is 0 Å². The van der Waals surface area contributed by atoms with Crippen LogP contribution in [0.3, 0.4) is 0 Å². The highest BCUT2D eigenvalue weighted by atomic mass is 19.1. The molecule has 0 bridgehead atoms. The van der Waals surface area contributed by atoms with Crippen molar-refractivity contribution in [3.05, 3.63) is 83.2 Å². The highest BCUT2D eigenvalue weighted by Gasteiger charge is 2.13. The number of benzene rings is 3. The van der Waals surface area contributed by atoms with Gasteiger partial charge >= 0.3 is 0 Å². The maximum atomic E-state index is 13.3. The van der Waals surface area contributed by atoms with Crippen molar-refractivity contribution < 1.29 is 9.18 Å². The van der Waals surface area contributed by atoms with Crippen molar-refractivity contribution in [2.24, 2.45) is 0 Å². The van der Waals surface area contributed by atoms with Gasteiger partial charge in [0.15, 0.2) is 5.78 Å². The van der Waals surface area contributed by atoms with Crippen LogP contribution in [-0.2, 0) is 0 Å². The number of ketones is 1. The van der Waals surface area contributed by atoms with E-state index in [0.717, 1.165) is 10.8 Å². The van der Waals surface area contributed by atoms with Crippen LogP contribution in [0.2, 0.25) is 0 Å². The fourth-order valence-electron chi connectivity index (χ4n) is 2.36. The van der Waals surface area contributed by atoms with Crippen LogP contribution in [-0.4, -0.2) is 5.78 Å². The molecule has 0 fully saturated rings. The molecule has 3 aromatic rings. The van der Waals surface area contributed by atoms with E-state index in [1.54, 1.807) is 13.0 Å². The van der Waals surface area contributed by atoms with Gasteiger partial charge in [-0.05, 0) is 41.5 Å². The van der Waals surface area contributed by atoms with Gasteiger partial charge in [0.1, 0.15) is 5.82 Å². The van der Waals surface area contributed by atoms with E-state index in [1.807, 2.05) is 42.5 Å². The van der Waals surface area contributed by atoms with E-state index in [9.17, 15) is 9.18 Å². The topological polar surface area (TPSA) is 17.1 Å². The number of hydrogen-bond donors (Lipinski definition) is 0. The fraction of sp³-hybridized carbons (Fsp3) is 0.0556. The second kappa shape index (κ2) is 4.89. The van der Waals surface area contributed by atoms with E-state index in [-0.39, 0.29) is 11.6 Å². The lowest BCUT2D eigenvalue weighted by Crippen LogP contribution is -2.03. The quantitative estimate of drug-likeness (QED) is 0.622. The molecule has 0 aromatic heterocycles. The van der Waals surface area contributed by atoms with Gasteiger partial charge < -0.3 is 0 Å². The average Bonchev–Trinajstić information content (AvgIpc) is 2.49. The third-order valence-electron chi connectivity index (χ3n) is 3.45. The smallest absolute Gasteiger partial charge is 0.193 e. The molecule has 0 saturated carbocycles. The molecule has 0 unspecified atom stereocenters. The molecule has 3 rings (SSSR count). The van der Waals surface area contributed by atoms with Crippen molar-refractivity contribution in [2.75, 3.05) is 0 Å². The van der Waals surface area contributed by atoms with E-state index in [1.165, 1.54) is 12.1 Å². The van der Waals surface area contributed by atoms with Gasteiger partial charge in [-0.15, -0.1) is 0 Å². The van der Waals surface area contributed by atoms with Crippen molar-refractivity contribution in [1.29, 1.82) is 0 Å². The van der Waals surface area contributed by atoms with Crippen molar-refractivity contribution >= 4 is 16.6 Å². The van der Waals surface area contributed by atoms with Gasteiger partial charge in [-0.2, -0.15) is 0 Å². The lowest BCUT2D eigenvalue weighted by Gasteiger charge is -2.07. The van der Waals surface area contributed by atoms with Crippen LogP contribution < -0.4 is 0 Å². The molecular formula is C18H13FO. The van der Waals surface area contributed by atoms with E-state index >= 15 is 0 Å². The molecule has 0 aliphatic carbocycles. The first-order valence-corrected chi connectivity index (χ1v) is 6.45. The molecule has 3 aromatic carbocycles. The van der Waals surface area contributed by atoms with Crippen molar-refractivity contribution in [3.63, 3.8) is 0 Å². The summed E-state index contributed by atoms with van der Waals surface area (Å²) in [6.45, 7) is 1.66. The molecule has 0 aliphatic heterocycles. The minimum atomic E-state index is -0.292. The molecule has 2 heteroatoms. The van der Waals surface area contributed by atoms with Crippen LogP contribution in [0, 0.1) is 12.7 Å². The minimum Gasteiger partial charge on any atom is -0.289 e. The van der Waals surface area contributed by atoms with Crippen LogP contribution in [0.4, 0.5) is 4.39 Å². The van der Waals surface area contributed by atoms with Gasteiger partial charge in [0.2, 0.25) is 0 Å². The minimum absolute atomic E-state index is 0.0788. The summed E-state index contributed by atoms with van der Waals surface area (Å²) in [4.78, 5) is 12.6. The predicted octanol–water partition coefficient (Wildman–Crippen LogP) is 4.52. The van der Waals surface area contributed by atoms with Gasteiger partial charge in [-0.1, -0.05) is 42.5 Å². The highest BCUT2D eigenvalue weighted by molar-refractivity contribution is 6.16. The molecule has 0 radical (unpaired) electrons. The van der Waals surface area contributed by atoms with Crippen molar-refractivity contribution in [2.45, 2.75) is 6.92 Å². The Bertz CT molecular complexity index is 800. The molecule has 0 N–H and O–H groups in total. The molecule has 0 aliphatic rings. The summed E-state index contributed by atoms with van der Waals surface area (Å²) in [5.74, 6) is -0.371. The van der Waals surface area contributed by atoms with Crippen molar-refractivity contribution in [1.82, 2.24) is 0 Å². The summed E-state index contributed by atoms with van der Waals surface area (Å²) in [6, 6.07) is 17.9. The maximum Gasteiger partial charge on any atom is 0.193 e. The van der Waals surface area contributed by atoms with Crippen LogP contribution in [0.25, 0.3) is 10.8 Å². The first kappa shape index (κ1) is 12.5. The molecule has 20 heavy (non-hydrogen) atoms. The van der Waals surface area contributed by atoms with Gasteiger partial charge in [-0.3, -0.25) is 4.79 Å². The Kier molecular flexibility index (Phi) is 3.07. The second-order valence-electron chi connectivity index (χ2n) is 4.82. The number of halogens is 1. The summed E-state index contributed by atoms with van der Waals surface area (Å²) >= 11 is 0. The van der Waals surface area contributed by atoms with E-state index in [4.69, 9.17) is 0 Å². The summed E-state index contributed by atoms with van der Waals surface area (Å²) in [6.07, 6.45) is 0. The zero-order chi connectivity index (χ0) is 14.1. The Morgan fingerprint density at radius 1 is 0.950 bits per heavy atom. The Morgan fingerprint density at radius 2 is 1.70 bits per heavy atom. The first-order valence-electron chi connectivity index (χ1n) is 6.45. The standard InChI is InChI=1S/C18H13FO/c1-12-11-14(9-10-17(12)19)18(20)16-8-4-6-13-5-2-3-7-15(13)16/h2-11H,1H3. The fourth-order valence-corrected chi connectivity index (χ4v) is 2.36. The lowest BCUT2D eigenvalue weighted by atomic mass is 9.96. The molecule has 0 atom stereocenters. The molecule has 0 saturated heterocycles. The molecule has 0 spiro atoms. The van der Waals surface area contributed by atoms with Gasteiger partial charge in [0, 0.05) is 11.1 Å². The molecule has 1 nitrogen and oxygen atoms in total. The summed E-state index contributed by atoms with van der Waals surface area (Å²) in [5.41, 5.74) is 1.64. The number of rotatable bonds is 2. The zero-order valence-corrected chi connectivity index (χ0v) is 11.1. The number of aryl methyl sites for hydroxylation is 1. The van der Waals surface area contributed by atoms with Crippen LogP contribution in [0.15, 0.2) is 60.7 Å². The highest BCUT2D eigenvalue weighted by Crippen LogP contribution is 2.22. The molecule has 0 heterocycles. The van der Waals surface area contributed by atoms with Gasteiger partial charge in [0.05, 0.1) is 0 Å². The average molecular weight is 264 g/mol. The van der Waals surface area contributed by atoms with Crippen LogP contribution in [0.5, 0.6) is 0 Å². The largest absolute Gasteiger partial charge is 0.289 e. The molecule has 0 amide bonds. The molecule has 98 valence electrons. The summed E-state index contributed by atoms with van der Waals surface area (Å²) in [7, 11) is 0. The summed E-state index contributed by atoms with van der Waals surface area (Å²) < 4.78 is 13.3. The maximum absolute atomic E-state index is 13.3. The van der Waals surface area contributed by atoms with Crippen LogP contribution >= 0.6 is 0 Å². The molecular weight excluding hydrogens is 251 g/mol. The van der Waals surface area contributed by atoms with E-state index < -0.39 is 0 Å². The first-order chi connectivity index (χ1) is 9.66. The monoisotopic (exact) mass is 264 g/mol. The number of carbonyl (C=O) groups is 1. The van der Waals surface area contributed by atoms with Crippen LogP contribution in [0.1, 0.15) is 21.5 Å². The predicted molar refractivity (Wildman–Crippen MR) is 78.5 cm³/mol. The van der Waals surface area contributed by atoms with E-state index in [0.29, 0.717) is 16.7 Å². The third-order valence-corrected chi connectivity index (χ3v) is 3.45. The van der Waals surface area contributed by atoms with E-state index in [2.05, 4.69) is 0 Å². The zero-order valence-electron chi connectivity index (χ0n) is 11.1. The Hall–Kier alpha value is -2.48. The number of fused-ring (bicyclic) bond motifs is 1. The lowest BCUT2D eigenvalue weighted by molar-refractivity contribution is 0.104. The number of carbonyl (C=O) groups excluding carboxylic acids is 1. The third kappa shape index (κ3) is 2.10. The SMILES string of the molecule is Cc1cc(C(=O)c2cccc3ccccc23)ccc1F. The Morgan fingerprint density at radius 3 is 2.50 bits per heavy atom. The second-order valence-corrected chi connectivity index (χ2v) is 4.82.